The molecule has 0 aliphatic carbocycles. The number of ether oxygens (including phenoxy) is 1. The summed E-state index contributed by atoms with van der Waals surface area (Å²) in [6.45, 7) is 7.15. The van der Waals surface area contributed by atoms with Gasteiger partial charge < -0.3 is 9.64 Å². The Hall–Kier alpha value is -1.55. The highest BCUT2D eigenvalue weighted by atomic mass is 16.5. The molecule has 4 nitrogen and oxygen atoms in total. The summed E-state index contributed by atoms with van der Waals surface area (Å²) in [4.78, 5) is 16.3. The van der Waals surface area contributed by atoms with Crippen molar-refractivity contribution in [3.8, 4) is 0 Å². The Kier molecular flexibility index (Phi) is 5.62. The van der Waals surface area contributed by atoms with Gasteiger partial charge in [-0.25, -0.2) is 4.79 Å². The Labute approximate surface area is 127 Å². The summed E-state index contributed by atoms with van der Waals surface area (Å²) < 4.78 is 4.92. The summed E-state index contributed by atoms with van der Waals surface area (Å²) in [5.41, 5.74) is 1.35. The molecule has 1 aromatic rings. The zero-order valence-corrected chi connectivity index (χ0v) is 13.3. The van der Waals surface area contributed by atoms with Crippen LogP contribution in [0.1, 0.15) is 32.3 Å². The van der Waals surface area contributed by atoms with E-state index in [2.05, 4.69) is 29.2 Å². The predicted octanol–water partition coefficient (Wildman–Crippen LogP) is 3.13. The Balaban J connectivity index is 1.88. The first-order valence-electron chi connectivity index (χ1n) is 7.74. The maximum atomic E-state index is 11.9. The van der Waals surface area contributed by atoms with Crippen molar-refractivity contribution in [2.45, 2.75) is 45.3 Å². The highest BCUT2D eigenvalue weighted by Crippen LogP contribution is 2.21. The Morgan fingerprint density at radius 1 is 1.29 bits per heavy atom. The lowest BCUT2D eigenvalue weighted by Crippen LogP contribution is -2.50. The predicted molar refractivity (Wildman–Crippen MR) is 84.1 cm³/mol. The van der Waals surface area contributed by atoms with Crippen LogP contribution in [-0.4, -0.2) is 48.2 Å². The monoisotopic (exact) mass is 290 g/mol. The van der Waals surface area contributed by atoms with Gasteiger partial charge in [0.2, 0.25) is 0 Å². The molecule has 0 radical (unpaired) electrons. The van der Waals surface area contributed by atoms with Crippen LogP contribution >= 0.6 is 0 Å². The van der Waals surface area contributed by atoms with Crippen LogP contribution in [0.3, 0.4) is 0 Å². The molecule has 1 heterocycles. The molecule has 1 aromatic carbocycles. The van der Waals surface area contributed by atoms with Crippen LogP contribution in [0.4, 0.5) is 4.79 Å². The SMILES string of the molecule is COC(=O)N(C(C)C)C1CCN(Cc2ccccc2)CC1. The minimum Gasteiger partial charge on any atom is -0.453 e. The number of hydrogen-bond donors (Lipinski definition) is 0. The average Bonchev–Trinajstić information content (AvgIpc) is 2.49. The number of hydrogen-bond acceptors (Lipinski definition) is 3. The molecular formula is C17H26N2O2. The van der Waals surface area contributed by atoms with Crippen molar-refractivity contribution in [1.82, 2.24) is 9.80 Å². The van der Waals surface area contributed by atoms with Crippen LogP contribution in [0.2, 0.25) is 0 Å². The van der Waals surface area contributed by atoms with E-state index in [0.717, 1.165) is 32.5 Å². The van der Waals surface area contributed by atoms with Crippen LogP contribution in [0.15, 0.2) is 30.3 Å². The molecule has 1 fully saturated rings. The van der Waals surface area contributed by atoms with E-state index < -0.39 is 0 Å². The van der Waals surface area contributed by atoms with E-state index in [1.165, 1.54) is 12.7 Å². The lowest BCUT2D eigenvalue weighted by molar-refractivity contribution is 0.0614. The van der Waals surface area contributed by atoms with Gasteiger partial charge in [0.25, 0.3) is 0 Å². The molecule has 1 saturated heterocycles. The first kappa shape index (κ1) is 15.8. The topological polar surface area (TPSA) is 32.8 Å². The van der Waals surface area contributed by atoms with Gasteiger partial charge in [0, 0.05) is 31.7 Å². The normalized spacial score (nSPS) is 17.0. The summed E-state index contributed by atoms with van der Waals surface area (Å²) >= 11 is 0. The molecule has 116 valence electrons. The Morgan fingerprint density at radius 3 is 2.43 bits per heavy atom. The molecule has 0 unspecified atom stereocenters. The third-order valence-electron chi connectivity index (χ3n) is 4.14. The van der Waals surface area contributed by atoms with Crippen LogP contribution in [-0.2, 0) is 11.3 Å². The molecule has 0 aromatic heterocycles. The number of amides is 1. The standard InChI is InChI=1S/C17H26N2O2/c1-14(2)19(17(20)21-3)16-9-11-18(12-10-16)13-15-7-5-4-6-8-15/h4-8,14,16H,9-13H2,1-3H3. The van der Waals surface area contributed by atoms with Crippen molar-refractivity contribution >= 4 is 6.09 Å². The molecule has 2 rings (SSSR count). The maximum absolute atomic E-state index is 11.9. The lowest BCUT2D eigenvalue weighted by Gasteiger charge is -2.39. The van der Waals surface area contributed by atoms with Gasteiger partial charge in [0.1, 0.15) is 0 Å². The van der Waals surface area contributed by atoms with Crippen molar-refractivity contribution in [3.05, 3.63) is 35.9 Å². The molecule has 0 spiro atoms. The van der Waals surface area contributed by atoms with Gasteiger partial charge in [-0.15, -0.1) is 0 Å². The third kappa shape index (κ3) is 4.21. The van der Waals surface area contributed by atoms with Gasteiger partial charge in [-0.3, -0.25) is 4.90 Å². The second-order valence-electron chi connectivity index (χ2n) is 5.96. The fourth-order valence-corrected chi connectivity index (χ4v) is 3.08. The number of likely N-dealkylation sites (tertiary alicyclic amines) is 1. The minimum atomic E-state index is -0.202. The number of rotatable bonds is 4. The Bertz CT molecular complexity index is 439. The second kappa shape index (κ2) is 7.46. The molecule has 21 heavy (non-hydrogen) atoms. The van der Waals surface area contributed by atoms with Crippen molar-refractivity contribution < 1.29 is 9.53 Å². The van der Waals surface area contributed by atoms with Gasteiger partial charge in [-0.05, 0) is 32.3 Å². The number of benzene rings is 1. The van der Waals surface area contributed by atoms with E-state index >= 15 is 0 Å². The molecule has 1 aliphatic heterocycles. The summed E-state index contributed by atoms with van der Waals surface area (Å²) in [7, 11) is 1.46. The third-order valence-corrected chi connectivity index (χ3v) is 4.14. The molecule has 1 aliphatic rings. The second-order valence-corrected chi connectivity index (χ2v) is 5.96. The number of methoxy groups -OCH3 is 1. The van der Waals surface area contributed by atoms with Crippen molar-refractivity contribution in [2.24, 2.45) is 0 Å². The summed E-state index contributed by atoms with van der Waals surface area (Å²) in [6.07, 6.45) is 1.83. The fraction of sp³-hybridized carbons (Fsp3) is 0.588. The van der Waals surface area contributed by atoms with E-state index in [1.807, 2.05) is 24.8 Å². The van der Waals surface area contributed by atoms with Crippen LogP contribution in [0.25, 0.3) is 0 Å². The highest BCUT2D eigenvalue weighted by Gasteiger charge is 2.30. The smallest absolute Gasteiger partial charge is 0.409 e. The molecule has 0 atom stereocenters. The van der Waals surface area contributed by atoms with Crippen molar-refractivity contribution in [2.75, 3.05) is 20.2 Å². The van der Waals surface area contributed by atoms with Gasteiger partial charge in [-0.2, -0.15) is 0 Å². The lowest BCUT2D eigenvalue weighted by atomic mass is 10.0. The fourth-order valence-electron chi connectivity index (χ4n) is 3.08. The zero-order chi connectivity index (χ0) is 15.2. The van der Waals surface area contributed by atoms with E-state index in [-0.39, 0.29) is 12.1 Å². The van der Waals surface area contributed by atoms with E-state index in [9.17, 15) is 4.79 Å². The minimum absolute atomic E-state index is 0.183. The highest BCUT2D eigenvalue weighted by molar-refractivity contribution is 5.68. The summed E-state index contributed by atoms with van der Waals surface area (Å²) in [5.74, 6) is 0. The van der Waals surface area contributed by atoms with Crippen LogP contribution in [0, 0.1) is 0 Å². The van der Waals surface area contributed by atoms with Gasteiger partial charge >= 0.3 is 6.09 Å². The number of carbonyl (C=O) groups is 1. The molecule has 0 saturated carbocycles. The molecule has 0 bridgehead atoms. The van der Waals surface area contributed by atoms with Crippen LogP contribution in [0.5, 0.6) is 0 Å². The quantitative estimate of drug-likeness (QED) is 0.854. The van der Waals surface area contributed by atoms with E-state index in [1.54, 1.807) is 0 Å². The van der Waals surface area contributed by atoms with Gasteiger partial charge in [0.05, 0.1) is 7.11 Å². The van der Waals surface area contributed by atoms with Crippen LogP contribution < -0.4 is 0 Å². The van der Waals surface area contributed by atoms with Crippen molar-refractivity contribution in [1.29, 1.82) is 0 Å². The van der Waals surface area contributed by atoms with E-state index in [4.69, 9.17) is 4.74 Å². The summed E-state index contributed by atoms with van der Waals surface area (Å²) in [6, 6.07) is 11.0. The molecule has 4 heteroatoms. The van der Waals surface area contributed by atoms with Crippen molar-refractivity contribution in [3.63, 3.8) is 0 Å². The zero-order valence-electron chi connectivity index (χ0n) is 13.3. The van der Waals surface area contributed by atoms with Gasteiger partial charge in [-0.1, -0.05) is 30.3 Å². The summed E-state index contributed by atoms with van der Waals surface area (Å²) in [5, 5.41) is 0. The largest absolute Gasteiger partial charge is 0.453 e. The van der Waals surface area contributed by atoms with E-state index in [0.29, 0.717) is 6.04 Å². The maximum Gasteiger partial charge on any atom is 0.409 e. The number of carbonyl (C=O) groups excluding carboxylic acids is 1. The van der Waals surface area contributed by atoms with Gasteiger partial charge in [0.15, 0.2) is 0 Å². The Morgan fingerprint density at radius 2 is 1.90 bits per heavy atom. The first-order valence-corrected chi connectivity index (χ1v) is 7.74. The number of nitrogens with zero attached hydrogens (tertiary/aromatic N) is 2. The first-order chi connectivity index (χ1) is 10.1. The average molecular weight is 290 g/mol. The number of piperidine rings is 1. The molecule has 1 amide bonds. The molecule has 0 N–H and O–H groups in total. The molecular weight excluding hydrogens is 264 g/mol.